The van der Waals surface area contributed by atoms with E-state index in [1.807, 2.05) is 31.4 Å². The number of carbonyl (C=O) groups is 1. The van der Waals surface area contributed by atoms with E-state index in [0.717, 1.165) is 9.44 Å². The lowest BCUT2D eigenvalue weighted by Gasteiger charge is -2.30. The molecule has 8 heteroatoms. The van der Waals surface area contributed by atoms with Crippen LogP contribution in [0.2, 0.25) is 0 Å². The minimum absolute atomic E-state index is 0.201. The molecule has 144 valence electrons. The van der Waals surface area contributed by atoms with Crippen molar-refractivity contribution < 1.29 is 9.53 Å². The van der Waals surface area contributed by atoms with Crippen LogP contribution in [0.25, 0.3) is 0 Å². The molecule has 2 aromatic heterocycles. The molecule has 0 fully saturated rings. The molecule has 3 rings (SSSR count). The number of ether oxygens (including phenoxy) is 1. The van der Waals surface area contributed by atoms with Gasteiger partial charge >= 0.3 is 11.7 Å². The van der Waals surface area contributed by atoms with Gasteiger partial charge in [0.25, 0.3) is 5.56 Å². The first-order valence-electron chi connectivity index (χ1n) is 8.72. The van der Waals surface area contributed by atoms with Crippen molar-refractivity contribution in [1.29, 1.82) is 0 Å². The van der Waals surface area contributed by atoms with E-state index in [1.54, 1.807) is 14.0 Å². The maximum absolute atomic E-state index is 13.0. The molecule has 1 aliphatic heterocycles. The molecule has 0 amide bonds. The highest BCUT2D eigenvalue weighted by Gasteiger charge is 2.37. The summed E-state index contributed by atoms with van der Waals surface area (Å²) in [5.74, 6) is -0.410. The van der Waals surface area contributed by atoms with Crippen molar-refractivity contribution in [3.8, 4) is 0 Å². The summed E-state index contributed by atoms with van der Waals surface area (Å²) >= 11 is 1.46. The van der Waals surface area contributed by atoms with Crippen LogP contribution in [0.15, 0.2) is 38.4 Å². The lowest BCUT2D eigenvalue weighted by Crippen LogP contribution is -2.43. The molecule has 1 atom stereocenters. The van der Waals surface area contributed by atoms with E-state index in [4.69, 9.17) is 4.74 Å². The van der Waals surface area contributed by atoms with Gasteiger partial charge in [-0.15, -0.1) is 11.3 Å². The number of nitrogens with one attached hydrogen (secondary N) is 1. The Bertz CT molecular complexity index is 1030. The summed E-state index contributed by atoms with van der Waals surface area (Å²) < 4.78 is 7.94. The van der Waals surface area contributed by atoms with Crippen LogP contribution in [0.1, 0.15) is 37.1 Å². The minimum atomic E-state index is -0.577. The molecule has 0 radical (unpaired) electrons. The number of hydrogen-bond acceptors (Lipinski definition) is 6. The Morgan fingerprint density at radius 1 is 1.30 bits per heavy atom. The molecule has 1 aliphatic rings. The first-order chi connectivity index (χ1) is 12.7. The summed E-state index contributed by atoms with van der Waals surface area (Å²) in [7, 11) is 3.05. The molecule has 0 aromatic carbocycles. The minimum Gasteiger partial charge on any atom is -0.462 e. The second-order valence-electron chi connectivity index (χ2n) is 7.07. The number of fused-ring (bicyclic) bond motifs is 1. The predicted molar refractivity (Wildman–Crippen MR) is 105 cm³/mol. The van der Waals surface area contributed by atoms with Crippen molar-refractivity contribution in [3.63, 3.8) is 0 Å². The fourth-order valence-electron chi connectivity index (χ4n) is 3.22. The second-order valence-corrected chi connectivity index (χ2v) is 8.05. The van der Waals surface area contributed by atoms with E-state index in [9.17, 15) is 14.4 Å². The topological polar surface area (TPSA) is 82.3 Å². The number of aromatic nitrogens is 2. The van der Waals surface area contributed by atoms with Gasteiger partial charge in [-0.3, -0.25) is 13.9 Å². The van der Waals surface area contributed by atoms with Crippen molar-refractivity contribution in [2.24, 2.45) is 20.0 Å². The van der Waals surface area contributed by atoms with E-state index in [1.165, 1.54) is 23.0 Å². The lowest BCUT2D eigenvalue weighted by molar-refractivity contribution is -0.140. The van der Waals surface area contributed by atoms with E-state index < -0.39 is 23.1 Å². The molecule has 2 aromatic rings. The van der Waals surface area contributed by atoms with Gasteiger partial charge in [0, 0.05) is 24.7 Å². The lowest BCUT2D eigenvalue weighted by atomic mass is 9.86. The van der Waals surface area contributed by atoms with Gasteiger partial charge < -0.3 is 10.1 Å². The Labute approximate surface area is 160 Å². The fraction of sp³-hybridized carbons (Fsp3) is 0.421. The van der Waals surface area contributed by atoms with Crippen LogP contribution in [0.4, 0.5) is 5.82 Å². The molecule has 1 N–H and O–H groups in total. The van der Waals surface area contributed by atoms with E-state index in [0.29, 0.717) is 29.3 Å². The molecular weight excluding hydrogens is 366 g/mol. The maximum Gasteiger partial charge on any atom is 0.336 e. The van der Waals surface area contributed by atoms with Crippen molar-refractivity contribution in [1.82, 2.24) is 9.13 Å². The average Bonchev–Trinajstić information content (AvgIpc) is 3.16. The van der Waals surface area contributed by atoms with Gasteiger partial charge in [-0.05, 0) is 24.3 Å². The Kier molecular flexibility index (Phi) is 5.10. The molecular formula is C19H23N3O4S. The monoisotopic (exact) mass is 389 g/mol. The van der Waals surface area contributed by atoms with Crippen molar-refractivity contribution in [3.05, 3.63) is 60.1 Å². The highest BCUT2D eigenvalue weighted by atomic mass is 32.1. The highest BCUT2D eigenvalue weighted by molar-refractivity contribution is 7.10. The molecule has 0 saturated carbocycles. The van der Waals surface area contributed by atoms with E-state index >= 15 is 0 Å². The summed E-state index contributed by atoms with van der Waals surface area (Å²) in [6.45, 7) is 5.98. The molecule has 0 spiro atoms. The fourth-order valence-corrected chi connectivity index (χ4v) is 4.06. The highest BCUT2D eigenvalue weighted by Crippen LogP contribution is 2.41. The summed E-state index contributed by atoms with van der Waals surface area (Å²) in [5.41, 5.74) is 0.527. The van der Waals surface area contributed by atoms with Crippen molar-refractivity contribution >= 4 is 23.1 Å². The van der Waals surface area contributed by atoms with Gasteiger partial charge in [0.2, 0.25) is 0 Å². The molecule has 7 nitrogen and oxygen atoms in total. The third kappa shape index (κ3) is 3.25. The number of esters is 1. The standard InChI is InChI=1S/C19H23N3O4S/c1-10(2)9-26-18(24)13-11(3)20-16-15(14(13)12-7-6-8-27-12)17(23)22(5)19(25)21(16)4/h6-8,10,14,20H,9H2,1-5H3. The molecule has 0 bridgehead atoms. The van der Waals surface area contributed by atoms with Gasteiger partial charge in [0.1, 0.15) is 5.82 Å². The third-order valence-corrected chi connectivity index (χ3v) is 5.52. The average molecular weight is 389 g/mol. The number of carbonyl (C=O) groups excluding carboxylic acids is 1. The van der Waals surface area contributed by atoms with Crippen LogP contribution in [0.5, 0.6) is 0 Å². The quantitative estimate of drug-likeness (QED) is 0.811. The first kappa shape index (κ1) is 19.2. The normalized spacial score (nSPS) is 16.3. The smallest absolute Gasteiger partial charge is 0.336 e. The van der Waals surface area contributed by atoms with E-state index in [-0.39, 0.29) is 5.92 Å². The zero-order valence-electron chi connectivity index (χ0n) is 16.0. The summed E-state index contributed by atoms with van der Waals surface area (Å²) in [6, 6.07) is 3.76. The van der Waals surface area contributed by atoms with Crippen LogP contribution in [0.3, 0.4) is 0 Å². The van der Waals surface area contributed by atoms with Crippen molar-refractivity contribution in [2.45, 2.75) is 26.7 Å². The van der Waals surface area contributed by atoms with Crippen molar-refractivity contribution in [2.75, 3.05) is 11.9 Å². The Balaban J connectivity index is 2.25. The van der Waals surface area contributed by atoms with Gasteiger partial charge in [-0.25, -0.2) is 9.59 Å². The molecule has 27 heavy (non-hydrogen) atoms. The zero-order chi connectivity index (χ0) is 19.9. The molecule has 1 unspecified atom stereocenters. The van der Waals surface area contributed by atoms with Crippen LogP contribution < -0.4 is 16.6 Å². The van der Waals surface area contributed by atoms with Gasteiger partial charge in [0.15, 0.2) is 0 Å². The Morgan fingerprint density at radius 3 is 2.59 bits per heavy atom. The summed E-state index contributed by atoms with van der Waals surface area (Å²) in [6.07, 6.45) is 0. The first-order valence-corrected chi connectivity index (χ1v) is 9.60. The maximum atomic E-state index is 13.0. The second kappa shape index (κ2) is 7.19. The number of anilines is 1. The van der Waals surface area contributed by atoms with Gasteiger partial charge in [-0.1, -0.05) is 19.9 Å². The zero-order valence-corrected chi connectivity index (χ0v) is 16.8. The van der Waals surface area contributed by atoms with Crippen LogP contribution >= 0.6 is 11.3 Å². The van der Waals surface area contributed by atoms with Crippen LogP contribution in [-0.4, -0.2) is 21.7 Å². The Morgan fingerprint density at radius 2 is 2.00 bits per heavy atom. The molecule has 0 saturated heterocycles. The predicted octanol–water partition coefficient (Wildman–Crippen LogP) is 2.18. The number of thiophene rings is 1. The molecule has 3 heterocycles. The summed E-state index contributed by atoms with van der Waals surface area (Å²) in [4.78, 5) is 39.0. The SMILES string of the molecule is CC1=C(C(=O)OCC(C)C)C(c2cccs2)c2c(n(C)c(=O)n(C)c2=O)N1. The Hall–Kier alpha value is -2.61. The number of nitrogens with zero attached hydrogens (tertiary/aromatic N) is 2. The van der Waals surface area contributed by atoms with Gasteiger partial charge in [0.05, 0.1) is 23.7 Å². The molecule has 0 aliphatic carbocycles. The number of allylic oxidation sites excluding steroid dienone is 1. The summed E-state index contributed by atoms with van der Waals surface area (Å²) in [5, 5.41) is 4.98. The third-order valence-electron chi connectivity index (χ3n) is 4.58. The van der Waals surface area contributed by atoms with E-state index in [2.05, 4.69) is 5.32 Å². The number of rotatable bonds is 4. The largest absolute Gasteiger partial charge is 0.462 e. The van der Waals surface area contributed by atoms with Crippen LogP contribution in [0, 0.1) is 5.92 Å². The van der Waals surface area contributed by atoms with Gasteiger partial charge in [-0.2, -0.15) is 0 Å². The van der Waals surface area contributed by atoms with Crippen LogP contribution in [-0.2, 0) is 23.6 Å². The number of hydrogen-bond donors (Lipinski definition) is 1.